The van der Waals surface area contributed by atoms with Crippen LogP contribution in [-0.2, 0) is 5.41 Å². The maximum atomic E-state index is 4.34. The molecule has 4 fully saturated rings. The molecule has 0 radical (unpaired) electrons. The number of aromatic nitrogens is 1. The minimum Gasteiger partial charge on any atom is -0.264 e. The van der Waals surface area contributed by atoms with E-state index >= 15 is 0 Å². The fourth-order valence-electron chi connectivity index (χ4n) is 11.4. The molecule has 1 heteroatoms. The SMILES string of the molecule is c1cncc(-c2ccc(-c3c4ccccc4c(-c4ccc5c(c4)C4(c6ccccc6-5)C5CC6CC(C5)CC4C6)c4ccccc34)cc2)c1. The Labute approximate surface area is 282 Å². The normalized spacial score (nSPS) is 24.8. The monoisotopic (exact) mass is 615 g/mol. The van der Waals surface area contributed by atoms with Crippen LogP contribution in [0.25, 0.3) is 66.1 Å². The van der Waals surface area contributed by atoms with Gasteiger partial charge in [-0.05, 0) is 145 Å². The number of nitrogens with zero attached hydrogens (tertiary/aromatic N) is 1. The van der Waals surface area contributed by atoms with Crippen LogP contribution in [0.5, 0.6) is 0 Å². The molecule has 1 nitrogen and oxygen atoms in total. The number of pyridine rings is 1. The van der Waals surface area contributed by atoms with Gasteiger partial charge >= 0.3 is 0 Å². The first-order valence-electron chi connectivity index (χ1n) is 18.0. The van der Waals surface area contributed by atoms with Gasteiger partial charge in [0.15, 0.2) is 0 Å². The first-order valence-corrected chi connectivity index (χ1v) is 18.0. The van der Waals surface area contributed by atoms with E-state index in [1.165, 1.54) is 92.6 Å². The Hall–Kier alpha value is -5.01. The highest BCUT2D eigenvalue weighted by molar-refractivity contribution is 6.21. The van der Waals surface area contributed by atoms with Crippen LogP contribution in [0.1, 0.15) is 43.2 Å². The van der Waals surface area contributed by atoms with E-state index in [9.17, 15) is 0 Å². The lowest BCUT2D eigenvalue weighted by atomic mass is 9.43. The predicted molar refractivity (Wildman–Crippen MR) is 199 cm³/mol. The smallest absolute Gasteiger partial charge is 0.0346 e. The number of benzene rings is 6. The summed E-state index contributed by atoms with van der Waals surface area (Å²) < 4.78 is 0. The van der Waals surface area contributed by atoms with E-state index in [4.69, 9.17) is 0 Å². The lowest BCUT2D eigenvalue weighted by molar-refractivity contribution is -0.0399. The van der Waals surface area contributed by atoms with Crippen molar-refractivity contribution in [3.05, 3.63) is 151 Å². The number of hydrogen-bond acceptors (Lipinski definition) is 1. The van der Waals surface area contributed by atoms with Gasteiger partial charge in [-0.3, -0.25) is 4.98 Å². The van der Waals surface area contributed by atoms with Gasteiger partial charge < -0.3 is 0 Å². The van der Waals surface area contributed by atoms with Crippen molar-refractivity contribution in [2.24, 2.45) is 23.7 Å². The van der Waals surface area contributed by atoms with Gasteiger partial charge in [0, 0.05) is 17.8 Å². The Kier molecular flexibility index (Phi) is 5.62. The third kappa shape index (κ3) is 3.60. The molecule has 7 aromatic rings. The summed E-state index contributed by atoms with van der Waals surface area (Å²) in [7, 11) is 0. The van der Waals surface area contributed by atoms with Crippen molar-refractivity contribution < 1.29 is 0 Å². The summed E-state index contributed by atoms with van der Waals surface area (Å²) in [6, 6.07) is 48.5. The van der Waals surface area contributed by atoms with Crippen LogP contribution >= 0.6 is 0 Å². The standard InChI is InChI=1S/C47H37N/c1-3-12-41-39(10-1)45(32-17-15-31(16-18-32)34-8-7-21-48-28-34)40-11-2-4-13-42(40)46(41)33-19-20-38-37-9-5-6-14-43(37)47(44(38)27-33)35-23-29-22-30(25-35)26-36(47)24-29/h1-21,27-30,35-36H,22-26H2. The largest absolute Gasteiger partial charge is 0.264 e. The van der Waals surface area contributed by atoms with Gasteiger partial charge in [0.2, 0.25) is 0 Å². The molecule has 0 atom stereocenters. The summed E-state index contributed by atoms with van der Waals surface area (Å²) in [4.78, 5) is 4.34. The summed E-state index contributed by atoms with van der Waals surface area (Å²) >= 11 is 0. The van der Waals surface area contributed by atoms with Crippen LogP contribution < -0.4 is 0 Å². The second-order valence-corrected chi connectivity index (χ2v) is 15.1. The van der Waals surface area contributed by atoms with Crippen molar-refractivity contribution in [1.29, 1.82) is 0 Å². The van der Waals surface area contributed by atoms with E-state index in [0.29, 0.717) is 0 Å². The molecule has 1 spiro atoms. The van der Waals surface area contributed by atoms with Crippen LogP contribution in [-0.4, -0.2) is 4.98 Å². The first kappa shape index (κ1) is 27.0. The highest BCUT2D eigenvalue weighted by Crippen LogP contribution is 2.69. The van der Waals surface area contributed by atoms with E-state index in [-0.39, 0.29) is 5.41 Å². The summed E-state index contributed by atoms with van der Waals surface area (Å²) in [6.07, 6.45) is 10.9. The molecule has 5 aliphatic rings. The zero-order chi connectivity index (χ0) is 31.4. The molecule has 48 heavy (non-hydrogen) atoms. The highest BCUT2D eigenvalue weighted by atomic mass is 14.6. The predicted octanol–water partition coefficient (Wildman–Crippen LogP) is 12.1. The molecule has 5 aliphatic carbocycles. The van der Waals surface area contributed by atoms with Gasteiger partial charge in [-0.15, -0.1) is 0 Å². The average molecular weight is 616 g/mol. The molecule has 230 valence electrons. The van der Waals surface area contributed by atoms with Crippen molar-refractivity contribution in [2.75, 3.05) is 0 Å². The zero-order valence-electron chi connectivity index (χ0n) is 27.1. The van der Waals surface area contributed by atoms with Crippen LogP contribution in [0.15, 0.2) is 140 Å². The molecule has 6 aromatic carbocycles. The molecular formula is C47H37N. The van der Waals surface area contributed by atoms with Crippen LogP contribution in [0, 0.1) is 23.7 Å². The minimum atomic E-state index is 0.164. The third-order valence-corrected chi connectivity index (χ3v) is 12.9. The van der Waals surface area contributed by atoms with Gasteiger partial charge in [-0.2, -0.15) is 0 Å². The molecule has 1 heterocycles. The Bertz CT molecular complexity index is 2310. The molecule has 4 bridgehead atoms. The van der Waals surface area contributed by atoms with Crippen molar-refractivity contribution in [3.8, 4) is 44.5 Å². The van der Waals surface area contributed by atoms with Crippen molar-refractivity contribution in [1.82, 2.24) is 4.98 Å². The summed E-state index contributed by atoms with van der Waals surface area (Å²) in [5.74, 6) is 3.40. The van der Waals surface area contributed by atoms with Crippen LogP contribution in [0.3, 0.4) is 0 Å². The van der Waals surface area contributed by atoms with Crippen LogP contribution in [0.2, 0.25) is 0 Å². The van der Waals surface area contributed by atoms with E-state index in [1.54, 1.807) is 11.1 Å². The second-order valence-electron chi connectivity index (χ2n) is 15.1. The quantitative estimate of drug-likeness (QED) is 0.180. The number of fused-ring (bicyclic) bond motifs is 5. The third-order valence-electron chi connectivity index (χ3n) is 12.9. The number of rotatable bonds is 3. The van der Waals surface area contributed by atoms with E-state index in [0.717, 1.165) is 29.2 Å². The van der Waals surface area contributed by atoms with Crippen LogP contribution in [0.4, 0.5) is 0 Å². The van der Waals surface area contributed by atoms with Gasteiger partial charge in [0.05, 0.1) is 0 Å². The zero-order valence-corrected chi connectivity index (χ0v) is 27.1. The van der Waals surface area contributed by atoms with Crippen molar-refractivity contribution >= 4 is 21.5 Å². The summed E-state index contributed by atoms with van der Waals surface area (Å²) in [5, 5.41) is 5.29. The first-order chi connectivity index (χ1) is 23.8. The summed E-state index contributed by atoms with van der Waals surface area (Å²) in [6.45, 7) is 0. The van der Waals surface area contributed by atoms with E-state index in [2.05, 4.69) is 126 Å². The Balaban J connectivity index is 1.14. The molecular weight excluding hydrogens is 579 g/mol. The second kappa shape index (κ2) is 10.0. The molecule has 0 N–H and O–H groups in total. The Morgan fingerprint density at radius 1 is 0.438 bits per heavy atom. The van der Waals surface area contributed by atoms with Gasteiger partial charge in [-0.25, -0.2) is 0 Å². The van der Waals surface area contributed by atoms with Crippen molar-refractivity contribution in [2.45, 2.75) is 37.5 Å². The molecule has 12 rings (SSSR count). The maximum absolute atomic E-state index is 4.34. The Morgan fingerprint density at radius 2 is 0.979 bits per heavy atom. The van der Waals surface area contributed by atoms with Gasteiger partial charge in [0.1, 0.15) is 0 Å². The Morgan fingerprint density at radius 3 is 1.60 bits per heavy atom. The topological polar surface area (TPSA) is 12.9 Å². The average Bonchev–Trinajstić information content (AvgIpc) is 3.43. The molecule has 0 amide bonds. The molecule has 0 saturated heterocycles. The number of hydrogen-bond donors (Lipinski definition) is 0. The fraction of sp³-hybridized carbons (Fsp3) is 0.213. The summed E-state index contributed by atoms with van der Waals surface area (Å²) in [5.41, 5.74) is 14.0. The van der Waals surface area contributed by atoms with E-state index < -0.39 is 0 Å². The highest BCUT2D eigenvalue weighted by Gasteiger charge is 2.61. The molecule has 0 aliphatic heterocycles. The molecule has 4 saturated carbocycles. The van der Waals surface area contributed by atoms with Gasteiger partial charge in [-0.1, -0.05) is 115 Å². The van der Waals surface area contributed by atoms with Gasteiger partial charge in [0.25, 0.3) is 0 Å². The fourth-order valence-corrected chi connectivity index (χ4v) is 11.4. The molecule has 0 unspecified atom stereocenters. The lowest BCUT2D eigenvalue weighted by Crippen LogP contribution is -2.55. The lowest BCUT2D eigenvalue weighted by Gasteiger charge is -2.61. The van der Waals surface area contributed by atoms with Crippen molar-refractivity contribution in [3.63, 3.8) is 0 Å². The molecule has 1 aromatic heterocycles. The van der Waals surface area contributed by atoms with E-state index in [1.807, 2.05) is 18.5 Å². The minimum absolute atomic E-state index is 0.164. The maximum Gasteiger partial charge on any atom is 0.0346 e.